The maximum atomic E-state index is 6.71. The predicted octanol–water partition coefficient (Wildman–Crippen LogP) is 7.26. The lowest BCUT2D eigenvalue weighted by Gasteiger charge is -2.26. The van der Waals surface area contributed by atoms with E-state index in [0.29, 0.717) is 5.03 Å². The molecule has 0 bridgehead atoms. The molecule has 2 nitrogen and oxygen atoms in total. The zero-order chi connectivity index (χ0) is 21.4. The second-order valence-corrected chi connectivity index (χ2v) is 7.25. The molecule has 0 saturated carbocycles. The molecule has 1 aliphatic rings. The molecule has 0 saturated heterocycles. The van der Waals surface area contributed by atoms with Gasteiger partial charge in [0.2, 0.25) is 0 Å². The van der Waals surface area contributed by atoms with E-state index in [-0.39, 0.29) is 17.9 Å². The Hall–Kier alpha value is -2.71. The minimum Gasteiger partial charge on any atom is -0.384 e. The molecule has 1 aliphatic heterocycles. The monoisotopic (exact) mass is 406 g/mol. The fraction of sp³-hybridized carbons (Fsp3) is 0.231. The molecule has 3 heteroatoms. The summed E-state index contributed by atoms with van der Waals surface area (Å²) in [6.45, 7) is 18.2. The first kappa shape index (κ1) is 22.6. The first-order valence-electron chi connectivity index (χ1n) is 9.90. The fourth-order valence-electron chi connectivity index (χ4n) is 3.90. The first-order chi connectivity index (χ1) is 14.1. The molecule has 2 N–H and O–H groups in total. The molecule has 1 aromatic rings. The maximum Gasteiger partial charge on any atom is 0.0539 e. The van der Waals surface area contributed by atoms with Crippen LogP contribution in [0.1, 0.15) is 43.5 Å². The summed E-state index contributed by atoms with van der Waals surface area (Å²) < 4.78 is 0. The molecule has 0 spiro atoms. The Labute approximate surface area is 180 Å². The van der Waals surface area contributed by atoms with Crippen LogP contribution in [0, 0.1) is 5.92 Å². The molecule has 0 fully saturated rings. The van der Waals surface area contributed by atoms with Crippen LogP contribution in [0.4, 0.5) is 0 Å². The minimum absolute atomic E-state index is 0.0785. The predicted molar refractivity (Wildman–Crippen MR) is 130 cm³/mol. The van der Waals surface area contributed by atoms with Gasteiger partial charge in [0.15, 0.2) is 0 Å². The highest BCUT2D eigenvalue weighted by molar-refractivity contribution is 6.31. The Kier molecular flexibility index (Phi) is 8.35. The standard InChI is InChI=1S/C26H31ClN2/c1-7-13-23(27)20(12-6)26(21-16-28-24(14-8-2)18(21)10-4)22-17-29-25(15-9-3)19(22)11-5/h7-18,24,26,28-29H,4-6H2,1-3H3/b13-7-,14-8-,15-9-,23-20-. The molecule has 1 aromatic heterocycles. The van der Waals surface area contributed by atoms with Gasteiger partial charge in [0.25, 0.3) is 0 Å². The van der Waals surface area contributed by atoms with Crippen LogP contribution in [-0.4, -0.2) is 11.0 Å². The van der Waals surface area contributed by atoms with Gasteiger partial charge in [-0.1, -0.05) is 67.3 Å². The van der Waals surface area contributed by atoms with E-state index in [1.807, 2.05) is 63.4 Å². The summed E-state index contributed by atoms with van der Waals surface area (Å²) in [7, 11) is 0. The van der Waals surface area contributed by atoms with E-state index in [0.717, 1.165) is 22.4 Å². The van der Waals surface area contributed by atoms with E-state index in [4.69, 9.17) is 11.6 Å². The third-order valence-corrected chi connectivity index (χ3v) is 5.50. The Balaban J connectivity index is 2.75. The molecule has 3 atom stereocenters. The average Bonchev–Trinajstić information content (AvgIpc) is 3.30. The average molecular weight is 407 g/mol. The molecule has 2 rings (SSSR count). The first-order valence-corrected chi connectivity index (χ1v) is 10.3. The Morgan fingerprint density at radius 2 is 1.90 bits per heavy atom. The van der Waals surface area contributed by atoms with E-state index in [2.05, 4.69) is 54.5 Å². The molecule has 2 heterocycles. The van der Waals surface area contributed by atoms with Crippen LogP contribution in [0.3, 0.4) is 0 Å². The smallest absolute Gasteiger partial charge is 0.0539 e. The van der Waals surface area contributed by atoms with Gasteiger partial charge < -0.3 is 10.3 Å². The van der Waals surface area contributed by atoms with E-state index in [1.54, 1.807) is 0 Å². The number of halogens is 1. The van der Waals surface area contributed by atoms with Crippen molar-refractivity contribution in [3.05, 3.63) is 108 Å². The lowest BCUT2D eigenvalue weighted by Crippen LogP contribution is -2.25. The van der Waals surface area contributed by atoms with Crippen molar-refractivity contribution in [1.82, 2.24) is 10.3 Å². The van der Waals surface area contributed by atoms with Crippen molar-refractivity contribution < 1.29 is 0 Å². The summed E-state index contributed by atoms with van der Waals surface area (Å²) in [5.74, 6) is 0.0594. The highest BCUT2D eigenvalue weighted by Crippen LogP contribution is 2.44. The van der Waals surface area contributed by atoms with Crippen LogP contribution in [0.15, 0.2) is 90.8 Å². The van der Waals surface area contributed by atoms with Crippen molar-refractivity contribution in [3.8, 4) is 0 Å². The SMILES string of the molecule is C=C/C(=C(Cl)\C=C/C)C(C1=CNC(/C=C\C)C1C=C)c1c[nH]c(/C=C\C)c1C=C. The van der Waals surface area contributed by atoms with E-state index < -0.39 is 0 Å². The third kappa shape index (κ3) is 4.65. The van der Waals surface area contributed by atoms with Crippen LogP contribution < -0.4 is 5.32 Å². The second-order valence-electron chi connectivity index (χ2n) is 6.84. The van der Waals surface area contributed by atoms with Crippen LogP contribution in [-0.2, 0) is 0 Å². The summed E-state index contributed by atoms with van der Waals surface area (Å²) in [4.78, 5) is 3.39. The maximum absolute atomic E-state index is 6.71. The number of hydrogen-bond acceptors (Lipinski definition) is 1. The van der Waals surface area contributed by atoms with Gasteiger partial charge >= 0.3 is 0 Å². The van der Waals surface area contributed by atoms with Gasteiger partial charge in [-0.15, -0.1) is 6.58 Å². The van der Waals surface area contributed by atoms with Crippen molar-refractivity contribution in [2.24, 2.45) is 5.92 Å². The molecule has 152 valence electrons. The van der Waals surface area contributed by atoms with Gasteiger partial charge in [-0.3, -0.25) is 0 Å². The fourth-order valence-corrected chi connectivity index (χ4v) is 4.21. The number of hydrogen-bond donors (Lipinski definition) is 2. The summed E-state index contributed by atoms with van der Waals surface area (Å²) in [5.41, 5.74) is 5.37. The minimum atomic E-state index is -0.0785. The van der Waals surface area contributed by atoms with Crippen LogP contribution in [0.2, 0.25) is 0 Å². The van der Waals surface area contributed by atoms with E-state index in [1.165, 1.54) is 5.57 Å². The number of aromatic amines is 1. The van der Waals surface area contributed by atoms with Gasteiger partial charge in [0, 0.05) is 34.3 Å². The summed E-state index contributed by atoms with van der Waals surface area (Å²) in [6.07, 6.45) is 22.0. The van der Waals surface area contributed by atoms with E-state index >= 15 is 0 Å². The molecule has 0 aliphatic carbocycles. The molecular weight excluding hydrogens is 376 g/mol. The van der Waals surface area contributed by atoms with Gasteiger partial charge in [-0.2, -0.15) is 0 Å². The van der Waals surface area contributed by atoms with Crippen molar-refractivity contribution >= 4 is 23.8 Å². The van der Waals surface area contributed by atoms with Gasteiger partial charge in [-0.05, 0) is 55.8 Å². The molecule has 3 unspecified atom stereocenters. The Bertz CT molecular complexity index is 905. The quantitative estimate of drug-likeness (QED) is 0.327. The van der Waals surface area contributed by atoms with Gasteiger partial charge in [0.05, 0.1) is 6.04 Å². The van der Waals surface area contributed by atoms with Crippen LogP contribution in [0.25, 0.3) is 12.2 Å². The number of rotatable bonds is 9. The summed E-state index contributed by atoms with van der Waals surface area (Å²) in [5, 5.41) is 4.17. The van der Waals surface area contributed by atoms with Crippen molar-refractivity contribution in [2.45, 2.75) is 32.7 Å². The number of aromatic nitrogens is 1. The molecule has 29 heavy (non-hydrogen) atoms. The van der Waals surface area contributed by atoms with Crippen molar-refractivity contribution in [2.75, 3.05) is 0 Å². The summed E-state index contributed by atoms with van der Waals surface area (Å²) >= 11 is 6.71. The highest BCUT2D eigenvalue weighted by Gasteiger charge is 2.34. The Morgan fingerprint density at radius 1 is 1.14 bits per heavy atom. The lowest BCUT2D eigenvalue weighted by atomic mass is 9.77. The number of H-pyrrole nitrogens is 1. The molecule has 0 radical (unpaired) electrons. The topological polar surface area (TPSA) is 27.8 Å². The number of nitrogens with one attached hydrogen (secondary N) is 2. The van der Waals surface area contributed by atoms with Crippen molar-refractivity contribution in [1.29, 1.82) is 0 Å². The third-order valence-electron chi connectivity index (χ3n) is 5.15. The highest BCUT2D eigenvalue weighted by atomic mass is 35.5. The number of allylic oxidation sites excluding steroid dienone is 7. The zero-order valence-electron chi connectivity index (χ0n) is 17.6. The summed E-state index contributed by atoms with van der Waals surface area (Å²) in [6, 6.07) is 0.169. The largest absolute Gasteiger partial charge is 0.384 e. The second kappa shape index (κ2) is 10.7. The molecule has 0 amide bonds. The molecule has 0 aromatic carbocycles. The Morgan fingerprint density at radius 3 is 2.45 bits per heavy atom. The van der Waals surface area contributed by atoms with Gasteiger partial charge in [0.1, 0.15) is 0 Å². The zero-order valence-corrected chi connectivity index (χ0v) is 18.3. The van der Waals surface area contributed by atoms with Crippen LogP contribution >= 0.6 is 11.6 Å². The van der Waals surface area contributed by atoms with Crippen LogP contribution in [0.5, 0.6) is 0 Å². The normalized spacial score (nSPS) is 21.3. The molecular formula is C26H31ClN2. The lowest BCUT2D eigenvalue weighted by molar-refractivity contribution is 0.619. The van der Waals surface area contributed by atoms with Gasteiger partial charge in [-0.25, -0.2) is 0 Å². The van der Waals surface area contributed by atoms with Crippen molar-refractivity contribution in [3.63, 3.8) is 0 Å². The van der Waals surface area contributed by atoms with E-state index in [9.17, 15) is 0 Å².